The molecule has 0 amide bonds. The number of hydrogen-bond donors (Lipinski definition) is 1. The summed E-state index contributed by atoms with van der Waals surface area (Å²) >= 11 is 7.54. The number of halogens is 2. The number of thiol groups is 1. The van der Waals surface area contributed by atoms with Gasteiger partial charge in [0.05, 0.1) is 11.1 Å². The van der Waals surface area contributed by atoms with E-state index in [-0.39, 0.29) is 11.2 Å². The summed E-state index contributed by atoms with van der Waals surface area (Å²) in [6.45, 7) is 4.90. The summed E-state index contributed by atoms with van der Waals surface area (Å²) in [5.74, 6) is 1.21. The first-order chi connectivity index (χ1) is 8.06. The second-order valence-electron chi connectivity index (χ2n) is 4.23. The van der Waals surface area contributed by atoms with Crippen molar-refractivity contribution in [2.45, 2.75) is 26.7 Å². The van der Waals surface area contributed by atoms with E-state index in [1.54, 1.807) is 12.1 Å². The van der Waals surface area contributed by atoms with Crippen molar-refractivity contribution >= 4 is 28.6 Å². The third-order valence-electron chi connectivity index (χ3n) is 3.27. The van der Waals surface area contributed by atoms with E-state index in [9.17, 15) is 4.39 Å². The van der Waals surface area contributed by atoms with Crippen LogP contribution in [-0.2, 0) is 0 Å². The third-order valence-corrected chi connectivity index (χ3v) is 4.55. The molecule has 0 N–H and O–H groups in total. The topological polar surface area (TPSA) is 9.23 Å². The summed E-state index contributed by atoms with van der Waals surface area (Å²) in [6, 6.07) is 4.71. The highest BCUT2D eigenvalue weighted by atomic mass is 79.9. The van der Waals surface area contributed by atoms with Gasteiger partial charge in [-0.1, -0.05) is 13.8 Å². The third kappa shape index (κ3) is 3.88. The zero-order valence-corrected chi connectivity index (χ0v) is 12.7. The van der Waals surface area contributed by atoms with Crippen molar-refractivity contribution in [1.82, 2.24) is 0 Å². The van der Waals surface area contributed by atoms with E-state index in [0.717, 1.165) is 18.6 Å². The van der Waals surface area contributed by atoms with Crippen LogP contribution in [0.15, 0.2) is 22.7 Å². The van der Waals surface area contributed by atoms with Crippen molar-refractivity contribution in [2.75, 3.05) is 12.4 Å². The molecule has 0 saturated heterocycles. The quantitative estimate of drug-likeness (QED) is 0.747. The molecule has 0 unspecified atom stereocenters. The Hall–Kier alpha value is -0.220. The average molecular weight is 321 g/mol. The number of rotatable bonds is 6. The van der Waals surface area contributed by atoms with Crippen molar-refractivity contribution in [3.8, 4) is 5.75 Å². The molecule has 0 aliphatic carbocycles. The molecule has 96 valence electrons. The molecule has 1 aromatic carbocycles. The molecule has 0 aliphatic heterocycles. The van der Waals surface area contributed by atoms with Gasteiger partial charge < -0.3 is 4.74 Å². The van der Waals surface area contributed by atoms with E-state index in [2.05, 4.69) is 42.4 Å². The predicted molar refractivity (Wildman–Crippen MR) is 76.5 cm³/mol. The largest absolute Gasteiger partial charge is 0.493 e. The van der Waals surface area contributed by atoms with Gasteiger partial charge in [0, 0.05) is 5.41 Å². The van der Waals surface area contributed by atoms with E-state index in [1.807, 2.05) is 0 Å². The van der Waals surface area contributed by atoms with E-state index < -0.39 is 0 Å². The lowest BCUT2D eigenvalue weighted by molar-refractivity contribution is 0.157. The second-order valence-corrected chi connectivity index (χ2v) is 5.40. The molecule has 0 saturated carbocycles. The van der Waals surface area contributed by atoms with Crippen molar-refractivity contribution in [3.05, 3.63) is 28.5 Å². The lowest BCUT2D eigenvalue weighted by Gasteiger charge is -2.29. The van der Waals surface area contributed by atoms with Crippen LogP contribution in [0.25, 0.3) is 0 Å². The monoisotopic (exact) mass is 320 g/mol. The molecule has 0 aliphatic rings. The van der Waals surface area contributed by atoms with Crippen LogP contribution in [0.2, 0.25) is 0 Å². The van der Waals surface area contributed by atoms with Gasteiger partial charge in [0.2, 0.25) is 0 Å². The lowest BCUT2D eigenvalue weighted by atomic mass is 9.85. The molecule has 0 aromatic heterocycles. The first-order valence-electron chi connectivity index (χ1n) is 5.75. The van der Waals surface area contributed by atoms with Crippen LogP contribution in [0.1, 0.15) is 26.7 Å². The van der Waals surface area contributed by atoms with Crippen LogP contribution in [0, 0.1) is 11.2 Å². The van der Waals surface area contributed by atoms with E-state index in [1.165, 1.54) is 6.07 Å². The normalized spacial score (nSPS) is 11.6. The van der Waals surface area contributed by atoms with Gasteiger partial charge in [-0.3, -0.25) is 0 Å². The van der Waals surface area contributed by atoms with E-state index in [4.69, 9.17) is 4.74 Å². The van der Waals surface area contributed by atoms with Crippen molar-refractivity contribution < 1.29 is 9.13 Å². The zero-order valence-electron chi connectivity index (χ0n) is 10.2. The van der Waals surface area contributed by atoms with Gasteiger partial charge >= 0.3 is 0 Å². The second kappa shape index (κ2) is 6.64. The van der Waals surface area contributed by atoms with Crippen molar-refractivity contribution in [2.24, 2.45) is 5.41 Å². The average Bonchev–Trinajstić information content (AvgIpc) is 2.36. The van der Waals surface area contributed by atoms with Crippen molar-refractivity contribution in [3.63, 3.8) is 0 Å². The van der Waals surface area contributed by atoms with E-state index >= 15 is 0 Å². The Labute approximate surface area is 116 Å². The van der Waals surface area contributed by atoms with Crippen molar-refractivity contribution in [1.29, 1.82) is 0 Å². The Balaban J connectivity index is 2.68. The van der Waals surface area contributed by atoms with Gasteiger partial charge in [0.25, 0.3) is 0 Å². The molecule has 0 radical (unpaired) electrons. The van der Waals surface area contributed by atoms with Crippen LogP contribution >= 0.6 is 28.6 Å². The molecule has 0 fully saturated rings. The van der Waals surface area contributed by atoms with Gasteiger partial charge in [-0.2, -0.15) is 12.6 Å². The summed E-state index contributed by atoms with van der Waals surface area (Å²) in [5.41, 5.74) is 0.101. The van der Waals surface area contributed by atoms with Crippen LogP contribution in [0.3, 0.4) is 0 Å². The minimum atomic E-state index is -0.274. The molecule has 1 rings (SSSR count). The fraction of sp³-hybridized carbons (Fsp3) is 0.538. The molecule has 1 nitrogen and oxygen atoms in total. The van der Waals surface area contributed by atoms with Gasteiger partial charge in [-0.25, -0.2) is 4.39 Å². The van der Waals surface area contributed by atoms with Crippen LogP contribution in [0.5, 0.6) is 5.75 Å². The van der Waals surface area contributed by atoms with Gasteiger partial charge in [-0.05, 0) is 52.7 Å². The first-order valence-corrected chi connectivity index (χ1v) is 7.18. The molecule has 17 heavy (non-hydrogen) atoms. The van der Waals surface area contributed by atoms with Gasteiger partial charge in [-0.15, -0.1) is 0 Å². The Morgan fingerprint density at radius 2 is 2.00 bits per heavy atom. The maximum Gasteiger partial charge on any atom is 0.137 e. The molecule has 1 aromatic rings. The summed E-state index contributed by atoms with van der Waals surface area (Å²) in [7, 11) is 0. The van der Waals surface area contributed by atoms with Crippen LogP contribution < -0.4 is 4.74 Å². The lowest BCUT2D eigenvalue weighted by Crippen LogP contribution is -2.29. The minimum absolute atomic E-state index is 0.101. The first kappa shape index (κ1) is 14.8. The van der Waals surface area contributed by atoms with Crippen LogP contribution in [0.4, 0.5) is 4.39 Å². The molecule has 0 bridgehead atoms. The highest BCUT2D eigenvalue weighted by Crippen LogP contribution is 2.30. The van der Waals surface area contributed by atoms with Crippen LogP contribution in [-0.4, -0.2) is 12.4 Å². The Bertz CT molecular complexity index is 358. The smallest absolute Gasteiger partial charge is 0.137 e. The molecule has 4 heteroatoms. The van der Waals surface area contributed by atoms with E-state index in [0.29, 0.717) is 16.8 Å². The molecular formula is C13H18BrFOS. The highest BCUT2D eigenvalue weighted by molar-refractivity contribution is 9.10. The van der Waals surface area contributed by atoms with Gasteiger partial charge in [0.1, 0.15) is 11.6 Å². The highest BCUT2D eigenvalue weighted by Gasteiger charge is 2.25. The Kier molecular flexibility index (Phi) is 5.80. The SMILES string of the molecule is CCC(CC)(CS)COc1ccc(F)c(Br)c1. The summed E-state index contributed by atoms with van der Waals surface area (Å²) in [5, 5.41) is 0. The minimum Gasteiger partial charge on any atom is -0.493 e. The molecule has 0 atom stereocenters. The molecular weight excluding hydrogens is 303 g/mol. The summed E-state index contributed by atoms with van der Waals surface area (Å²) in [6.07, 6.45) is 2.05. The maximum atomic E-state index is 13.1. The number of ether oxygens (including phenoxy) is 1. The number of benzene rings is 1. The predicted octanol–water partition coefficient (Wildman–Crippen LogP) is 4.70. The molecule has 0 spiro atoms. The number of hydrogen-bond acceptors (Lipinski definition) is 2. The maximum absolute atomic E-state index is 13.1. The standard InChI is InChI=1S/C13H18BrFOS/c1-3-13(4-2,9-17)8-16-10-5-6-12(15)11(14)7-10/h5-7,17H,3-4,8-9H2,1-2H3. The summed E-state index contributed by atoms with van der Waals surface area (Å²) in [4.78, 5) is 0. The van der Waals surface area contributed by atoms with Gasteiger partial charge in [0.15, 0.2) is 0 Å². The fourth-order valence-corrected chi connectivity index (χ4v) is 2.42. The summed E-state index contributed by atoms with van der Waals surface area (Å²) < 4.78 is 19.2. The Morgan fingerprint density at radius 3 is 2.47 bits per heavy atom. The molecule has 0 heterocycles. The Morgan fingerprint density at radius 1 is 1.35 bits per heavy atom. The zero-order chi connectivity index (χ0) is 12.9. The fourth-order valence-electron chi connectivity index (χ4n) is 1.53.